The van der Waals surface area contributed by atoms with Crippen LogP contribution in [0.4, 0.5) is 0 Å². The molecule has 0 saturated carbocycles. The van der Waals surface area contributed by atoms with E-state index in [0.717, 1.165) is 30.6 Å². The number of hydrogen-bond acceptors (Lipinski definition) is 3. The standard InChI is InChI=1S/C19H21ClO3/c1-3-4-5-12-22-16-10-7-15(8-11-16)19(21)23-17-9-6-14(2)18(20)13-17/h6-11,13H,3-5,12H2,1-2H3. The lowest BCUT2D eigenvalue weighted by molar-refractivity contribution is 0.0734. The van der Waals surface area contributed by atoms with Crippen LogP contribution in [0.2, 0.25) is 5.02 Å². The fourth-order valence-electron chi connectivity index (χ4n) is 2.03. The van der Waals surface area contributed by atoms with Crippen LogP contribution < -0.4 is 9.47 Å². The Kier molecular flexibility index (Phi) is 6.48. The first-order valence-electron chi connectivity index (χ1n) is 7.81. The van der Waals surface area contributed by atoms with Gasteiger partial charge in [-0.25, -0.2) is 4.79 Å². The third-order valence-electron chi connectivity index (χ3n) is 3.46. The van der Waals surface area contributed by atoms with Crippen molar-refractivity contribution >= 4 is 17.6 Å². The monoisotopic (exact) mass is 332 g/mol. The number of rotatable bonds is 7. The maximum atomic E-state index is 12.1. The summed E-state index contributed by atoms with van der Waals surface area (Å²) in [4.78, 5) is 12.1. The molecule has 0 heterocycles. The van der Waals surface area contributed by atoms with E-state index in [2.05, 4.69) is 6.92 Å². The van der Waals surface area contributed by atoms with Crippen molar-refractivity contribution < 1.29 is 14.3 Å². The van der Waals surface area contributed by atoms with Crippen LogP contribution in [-0.4, -0.2) is 12.6 Å². The zero-order valence-electron chi connectivity index (χ0n) is 13.5. The molecular formula is C19H21ClO3. The molecule has 0 saturated heterocycles. The second-order valence-electron chi connectivity index (χ2n) is 5.38. The minimum absolute atomic E-state index is 0.414. The number of ether oxygens (including phenoxy) is 2. The predicted octanol–water partition coefficient (Wildman–Crippen LogP) is 5.44. The molecule has 0 aliphatic rings. The van der Waals surface area contributed by atoms with Gasteiger partial charge in [-0.15, -0.1) is 0 Å². The molecule has 2 aromatic carbocycles. The van der Waals surface area contributed by atoms with Crippen LogP contribution in [-0.2, 0) is 0 Å². The summed E-state index contributed by atoms with van der Waals surface area (Å²) in [5.41, 5.74) is 1.42. The molecule has 0 aliphatic heterocycles. The van der Waals surface area contributed by atoms with Crippen LogP contribution in [0.1, 0.15) is 42.1 Å². The summed E-state index contributed by atoms with van der Waals surface area (Å²) in [6.07, 6.45) is 3.36. The molecule has 122 valence electrons. The Bertz CT molecular complexity index is 650. The summed E-state index contributed by atoms with van der Waals surface area (Å²) in [6, 6.07) is 12.2. The number of hydrogen-bond donors (Lipinski definition) is 0. The number of esters is 1. The molecular weight excluding hydrogens is 312 g/mol. The van der Waals surface area contributed by atoms with Gasteiger partial charge in [0, 0.05) is 5.02 Å². The van der Waals surface area contributed by atoms with Gasteiger partial charge in [0.15, 0.2) is 0 Å². The Morgan fingerprint density at radius 3 is 2.39 bits per heavy atom. The third-order valence-corrected chi connectivity index (χ3v) is 3.87. The van der Waals surface area contributed by atoms with E-state index in [0.29, 0.717) is 22.9 Å². The van der Waals surface area contributed by atoms with E-state index in [1.165, 1.54) is 0 Å². The molecule has 0 aromatic heterocycles. The molecule has 0 radical (unpaired) electrons. The van der Waals surface area contributed by atoms with Crippen LogP contribution >= 0.6 is 11.6 Å². The highest BCUT2D eigenvalue weighted by Gasteiger charge is 2.09. The lowest BCUT2D eigenvalue weighted by atomic mass is 10.2. The first kappa shape index (κ1) is 17.4. The number of unbranched alkanes of at least 4 members (excludes halogenated alkanes) is 2. The van der Waals surface area contributed by atoms with Gasteiger partial charge in [0.05, 0.1) is 12.2 Å². The van der Waals surface area contributed by atoms with Gasteiger partial charge in [0.2, 0.25) is 0 Å². The highest BCUT2D eigenvalue weighted by molar-refractivity contribution is 6.31. The molecule has 3 nitrogen and oxygen atoms in total. The van der Waals surface area contributed by atoms with Crippen molar-refractivity contribution in [3.63, 3.8) is 0 Å². The minimum Gasteiger partial charge on any atom is -0.494 e. The molecule has 0 fully saturated rings. The Morgan fingerprint density at radius 1 is 1.04 bits per heavy atom. The van der Waals surface area contributed by atoms with Crippen molar-refractivity contribution in [2.45, 2.75) is 33.1 Å². The van der Waals surface area contributed by atoms with Gasteiger partial charge < -0.3 is 9.47 Å². The minimum atomic E-state index is -0.414. The number of aryl methyl sites for hydroxylation is 1. The highest BCUT2D eigenvalue weighted by Crippen LogP contribution is 2.23. The average molecular weight is 333 g/mol. The summed E-state index contributed by atoms with van der Waals surface area (Å²) in [5.74, 6) is 0.781. The number of carbonyl (C=O) groups excluding carboxylic acids is 1. The highest BCUT2D eigenvalue weighted by atomic mass is 35.5. The SMILES string of the molecule is CCCCCOc1ccc(C(=O)Oc2ccc(C)c(Cl)c2)cc1. The summed E-state index contributed by atoms with van der Waals surface area (Å²) < 4.78 is 10.9. The molecule has 0 atom stereocenters. The number of carbonyl (C=O) groups is 1. The molecule has 0 bridgehead atoms. The topological polar surface area (TPSA) is 35.5 Å². The van der Waals surface area contributed by atoms with Crippen molar-refractivity contribution in [3.05, 3.63) is 58.6 Å². The van der Waals surface area contributed by atoms with Crippen molar-refractivity contribution in [1.29, 1.82) is 0 Å². The first-order valence-corrected chi connectivity index (χ1v) is 8.19. The second-order valence-corrected chi connectivity index (χ2v) is 5.79. The van der Waals surface area contributed by atoms with Gasteiger partial charge in [-0.2, -0.15) is 0 Å². The maximum absolute atomic E-state index is 12.1. The van der Waals surface area contributed by atoms with E-state index in [1.54, 1.807) is 36.4 Å². The van der Waals surface area contributed by atoms with Crippen LogP contribution in [0.15, 0.2) is 42.5 Å². The number of benzene rings is 2. The van der Waals surface area contributed by atoms with E-state index in [9.17, 15) is 4.79 Å². The quantitative estimate of drug-likeness (QED) is 0.385. The average Bonchev–Trinajstić information content (AvgIpc) is 2.55. The summed E-state index contributed by atoms with van der Waals surface area (Å²) in [5, 5.41) is 0.575. The van der Waals surface area contributed by atoms with Gasteiger partial charge >= 0.3 is 5.97 Å². The third kappa shape index (κ3) is 5.29. The van der Waals surface area contributed by atoms with Crippen molar-refractivity contribution in [2.75, 3.05) is 6.61 Å². The second kappa shape index (κ2) is 8.59. The summed E-state index contributed by atoms with van der Waals surface area (Å²) in [7, 11) is 0. The molecule has 23 heavy (non-hydrogen) atoms. The van der Waals surface area contributed by atoms with E-state index in [4.69, 9.17) is 21.1 Å². The van der Waals surface area contributed by atoms with Crippen molar-refractivity contribution in [2.24, 2.45) is 0 Å². The zero-order valence-corrected chi connectivity index (χ0v) is 14.2. The van der Waals surface area contributed by atoms with Crippen molar-refractivity contribution in [3.8, 4) is 11.5 Å². The molecule has 2 rings (SSSR count). The van der Waals surface area contributed by atoms with Gasteiger partial charge in [-0.3, -0.25) is 0 Å². The fraction of sp³-hybridized carbons (Fsp3) is 0.316. The number of halogens is 1. The van der Waals surface area contributed by atoms with Crippen LogP contribution in [0.3, 0.4) is 0 Å². The molecule has 0 aliphatic carbocycles. The van der Waals surface area contributed by atoms with Gasteiger partial charge in [0.25, 0.3) is 0 Å². The van der Waals surface area contributed by atoms with E-state index in [-0.39, 0.29) is 0 Å². The van der Waals surface area contributed by atoms with Gasteiger partial charge in [0.1, 0.15) is 11.5 Å². The predicted molar refractivity (Wildman–Crippen MR) is 92.6 cm³/mol. The Hall–Kier alpha value is -2.00. The molecule has 0 spiro atoms. The fourth-order valence-corrected chi connectivity index (χ4v) is 2.20. The summed E-state index contributed by atoms with van der Waals surface area (Å²) in [6.45, 7) is 4.74. The lowest BCUT2D eigenvalue weighted by Gasteiger charge is -2.08. The lowest BCUT2D eigenvalue weighted by Crippen LogP contribution is -2.08. The Balaban J connectivity index is 1.93. The first-order chi connectivity index (χ1) is 11.1. The van der Waals surface area contributed by atoms with Gasteiger partial charge in [-0.1, -0.05) is 37.4 Å². The van der Waals surface area contributed by atoms with E-state index in [1.807, 2.05) is 13.0 Å². The Labute approximate surface area is 142 Å². The van der Waals surface area contributed by atoms with Crippen LogP contribution in [0.25, 0.3) is 0 Å². The molecule has 2 aromatic rings. The normalized spacial score (nSPS) is 10.4. The van der Waals surface area contributed by atoms with Crippen LogP contribution in [0.5, 0.6) is 11.5 Å². The van der Waals surface area contributed by atoms with E-state index < -0.39 is 5.97 Å². The van der Waals surface area contributed by atoms with E-state index >= 15 is 0 Å². The molecule has 0 unspecified atom stereocenters. The van der Waals surface area contributed by atoms with Crippen LogP contribution in [0, 0.1) is 6.92 Å². The molecule has 0 N–H and O–H groups in total. The zero-order chi connectivity index (χ0) is 16.7. The Morgan fingerprint density at radius 2 is 1.74 bits per heavy atom. The molecule has 0 amide bonds. The largest absolute Gasteiger partial charge is 0.494 e. The smallest absolute Gasteiger partial charge is 0.343 e. The molecule has 4 heteroatoms. The summed E-state index contributed by atoms with van der Waals surface area (Å²) >= 11 is 6.03. The maximum Gasteiger partial charge on any atom is 0.343 e. The van der Waals surface area contributed by atoms with Gasteiger partial charge in [-0.05, 0) is 55.3 Å². The van der Waals surface area contributed by atoms with Crippen molar-refractivity contribution in [1.82, 2.24) is 0 Å².